The molecule has 0 saturated heterocycles. The molecule has 0 aliphatic heterocycles. The largest absolute Gasteiger partial charge is 0.452 e. The minimum atomic E-state index is -0.635. The van der Waals surface area contributed by atoms with E-state index in [9.17, 15) is 19.2 Å². The van der Waals surface area contributed by atoms with Crippen LogP contribution in [-0.4, -0.2) is 61.0 Å². The second kappa shape index (κ2) is 12.4. The van der Waals surface area contributed by atoms with Crippen molar-refractivity contribution in [1.29, 1.82) is 0 Å². The van der Waals surface area contributed by atoms with Crippen LogP contribution in [0.4, 0.5) is 4.79 Å². The maximum Gasteiger partial charge on any atom is 0.338 e. The summed E-state index contributed by atoms with van der Waals surface area (Å²) in [6, 6.07) is 6.30. The average molecular weight is 406 g/mol. The summed E-state index contributed by atoms with van der Waals surface area (Å²) in [5.74, 6) is -1.34. The molecule has 0 heterocycles. The van der Waals surface area contributed by atoms with Gasteiger partial charge in [0.05, 0.1) is 12.1 Å². The molecular formula is C20H30N4O5. The molecule has 0 radical (unpaired) electrons. The summed E-state index contributed by atoms with van der Waals surface area (Å²) in [6.07, 6.45) is 0. The van der Waals surface area contributed by atoms with Crippen LogP contribution in [-0.2, 0) is 20.9 Å². The molecule has 29 heavy (non-hydrogen) atoms. The number of carbonyl (C=O) groups is 4. The van der Waals surface area contributed by atoms with Crippen molar-refractivity contribution in [3.8, 4) is 0 Å². The van der Waals surface area contributed by atoms with Gasteiger partial charge in [-0.25, -0.2) is 9.59 Å². The normalized spacial score (nSPS) is 10.2. The van der Waals surface area contributed by atoms with Crippen LogP contribution in [0.25, 0.3) is 0 Å². The first kappa shape index (κ1) is 23.9. The van der Waals surface area contributed by atoms with Gasteiger partial charge in [-0.05, 0) is 45.4 Å². The van der Waals surface area contributed by atoms with Gasteiger partial charge in [-0.1, -0.05) is 12.1 Å². The minimum Gasteiger partial charge on any atom is -0.452 e. The van der Waals surface area contributed by atoms with Crippen molar-refractivity contribution in [3.05, 3.63) is 35.4 Å². The lowest BCUT2D eigenvalue weighted by molar-refractivity contribution is -0.138. The first-order chi connectivity index (χ1) is 13.8. The lowest BCUT2D eigenvalue weighted by atomic mass is 10.1. The fourth-order valence-corrected chi connectivity index (χ4v) is 2.36. The number of nitrogens with zero attached hydrogens (tertiary/aromatic N) is 1. The molecule has 1 aromatic carbocycles. The number of benzene rings is 1. The van der Waals surface area contributed by atoms with Gasteiger partial charge in [-0.3, -0.25) is 9.59 Å². The Kier molecular flexibility index (Phi) is 10.2. The van der Waals surface area contributed by atoms with Crippen molar-refractivity contribution in [2.45, 2.75) is 40.3 Å². The Morgan fingerprint density at radius 2 is 1.69 bits per heavy atom. The Labute approximate surface area is 171 Å². The molecule has 1 rings (SSSR count). The highest BCUT2D eigenvalue weighted by Crippen LogP contribution is 2.06. The zero-order chi connectivity index (χ0) is 21.8. The summed E-state index contributed by atoms with van der Waals surface area (Å²) < 4.78 is 5.05. The number of amides is 4. The molecule has 9 nitrogen and oxygen atoms in total. The van der Waals surface area contributed by atoms with Gasteiger partial charge >= 0.3 is 12.0 Å². The number of ether oxygens (including phenoxy) is 1. The Hall–Kier alpha value is -3.10. The number of carbonyl (C=O) groups excluding carboxylic acids is 4. The molecule has 4 amide bonds. The Morgan fingerprint density at radius 3 is 2.24 bits per heavy atom. The fourth-order valence-electron chi connectivity index (χ4n) is 2.36. The number of urea groups is 1. The summed E-state index contributed by atoms with van der Waals surface area (Å²) in [4.78, 5) is 48.8. The van der Waals surface area contributed by atoms with Crippen molar-refractivity contribution in [2.24, 2.45) is 0 Å². The van der Waals surface area contributed by atoms with Gasteiger partial charge in [0.2, 0.25) is 5.91 Å². The summed E-state index contributed by atoms with van der Waals surface area (Å²) in [7, 11) is 0. The van der Waals surface area contributed by atoms with Gasteiger partial charge in [0.15, 0.2) is 6.61 Å². The highest BCUT2D eigenvalue weighted by Gasteiger charge is 2.17. The monoisotopic (exact) mass is 406 g/mol. The number of rotatable bonds is 10. The predicted octanol–water partition coefficient (Wildman–Crippen LogP) is 1.04. The van der Waals surface area contributed by atoms with Crippen LogP contribution in [0.5, 0.6) is 0 Å². The molecule has 0 aliphatic carbocycles. The van der Waals surface area contributed by atoms with Crippen LogP contribution < -0.4 is 16.0 Å². The van der Waals surface area contributed by atoms with Crippen LogP contribution in [0, 0.1) is 0 Å². The first-order valence-electron chi connectivity index (χ1n) is 9.61. The third-order valence-electron chi connectivity index (χ3n) is 3.83. The molecule has 0 bridgehead atoms. The van der Waals surface area contributed by atoms with E-state index in [4.69, 9.17) is 4.74 Å². The van der Waals surface area contributed by atoms with E-state index >= 15 is 0 Å². The summed E-state index contributed by atoms with van der Waals surface area (Å²) in [5.41, 5.74) is 1.11. The third-order valence-corrected chi connectivity index (χ3v) is 3.83. The Balaban J connectivity index is 2.50. The van der Waals surface area contributed by atoms with E-state index in [1.54, 1.807) is 38.1 Å². The molecule has 0 spiro atoms. The molecule has 0 unspecified atom stereocenters. The van der Waals surface area contributed by atoms with Gasteiger partial charge in [0.1, 0.15) is 0 Å². The molecule has 0 fully saturated rings. The summed E-state index contributed by atoms with van der Waals surface area (Å²) in [5, 5.41) is 8.05. The van der Waals surface area contributed by atoms with Gasteiger partial charge in [-0.15, -0.1) is 0 Å². The molecule has 1 aromatic rings. The molecular weight excluding hydrogens is 376 g/mol. The maximum atomic E-state index is 12.2. The topological polar surface area (TPSA) is 117 Å². The van der Waals surface area contributed by atoms with Crippen molar-refractivity contribution in [3.63, 3.8) is 0 Å². The molecule has 0 atom stereocenters. The number of esters is 1. The van der Waals surface area contributed by atoms with Crippen molar-refractivity contribution >= 4 is 23.8 Å². The third kappa shape index (κ3) is 9.09. The first-order valence-corrected chi connectivity index (χ1v) is 9.61. The van der Waals surface area contributed by atoms with Crippen molar-refractivity contribution in [1.82, 2.24) is 20.9 Å². The number of likely N-dealkylation sites (N-methyl/N-ethyl adjacent to an activating group) is 2. The molecule has 0 aromatic heterocycles. The van der Waals surface area contributed by atoms with E-state index < -0.39 is 18.5 Å². The molecule has 160 valence electrons. The SMILES string of the molecule is CCNC(=O)CN(CC)C(=O)COC(=O)c1ccc(CNC(=O)NC(C)C)cc1. The van der Waals surface area contributed by atoms with E-state index in [1.807, 2.05) is 13.8 Å². The van der Waals surface area contributed by atoms with Gasteiger partial charge < -0.3 is 25.6 Å². The zero-order valence-corrected chi connectivity index (χ0v) is 17.4. The fraction of sp³-hybridized carbons (Fsp3) is 0.500. The maximum absolute atomic E-state index is 12.2. The summed E-state index contributed by atoms with van der Waals surface area (Å²) >= 11 is 0. The number of hydrogen-bond acceptors (Lipinski definition) is 5. The molecule has 0 aliphatic rings. The van der Waals surface area contributed by atoms with Crippen molar-refractivity contribution < 1.29 is 23.9 Å². The van der Waals surface area contributed by atoms with Crippen LogP contribution in [0.15, 0.2) is 24.3 Å². The second-order valence-electron chi connectivity index (χ2n) is 6.62. The molecule has 3 N–H and O–H groups in total. The number of hydrogen-bond donors (Lipinski definition) is 3. The van der Waals surface area contributed by atoms with E-state index in [1.165, 1.54) is 4.90 Å². The van der Waals surface area contributed by atoms with E-state index in [0.29, 0.717) is 25.2 Å². The quantitative estimate of drug-likeness (QED) is 0.502. The van der Waals surface area contributed by atoms with Crippen LogP contribution in [0.1, 0.15) is 43.6 Å². The Morgan fingerprint density at radius 1 is 1.03 bits per heavy atom. The highest BCUT2D eigenvalue weighted by atomic mass is 16.5. The molecule has 0 saturated carbocycles. The Bertz CT molecular complexity index is 703. The van der Waals surface area contributed by atoms with E-state index in [-0.39, 0.29) is 24.5 Å². The standard InChI is InChI=1S/C20H30N4O5/c1-5-21-17(25)12-24(6-2)18(26)13-29-19(27)16-9-7-15(8-10-16)11-22-20(28)23-14(3)4/h7-10,14H,5-6,11-13H2,1-4H3,(H,21,25)(H2,22,23,28). The molecule has 9 heteroatoms. The van der Waals surface area contributed by atoms with Crippen LogP contribution >= 0.6 is 0 Å². The van der Waals surface area contributed by atoms with Gasteiger partial charge in [-0.2, -0.15) is 0 Å². The zero-order valence-electron chi connectivity index (χ0n) is 17.4. The van der Waals surface area contributed by atoms with Crippen LogP contribution in [0.3, 0.4) is 0 Å². The van der Waals surface area contributed by atoms with Crippen molar-refractivity contribution in [2.75, 3.05) is 26.2 Å². The predicted molar refractivity (Wildman–Crippen MR) is 108 cm³/mol. The van der Waals surface area contributed by atoms with Gasteiger partial charge in [0.25, 0.3) is 5.91 Å². The summed E-state index contributed by atoms with van der Waals surface area (Å²) in [6.45, 7) is 7.88. The lowest BCUT2D eigenvalue weighted by Gasteiger charge is -2.20. The lowest BCUT2D eigenvalue weighted by Crippen LogP contribution is -2.42. The second-order valence-corrected chi connectivity index (χ2v) is 6.62. The van der Waals surface area contributed by atoms with E-state index in [0.717, 1.165) is 5.56 Å². The van der Waals surface area contributed by atoms with Crippen LogP contribution in [0.2, 0.25) is 0 Å². The average Bonchev–Trinajstić information content (AvgIpc) is 2.68. The number of nitrogens with one attached hydrogen (secondary N) is 3. The smallest absolute Gasteiger partial charge is 0.338 e. The minimum absolute atomic E-state index is 0.0412. The highest BCUT2D eigenvalue weighted by molar-refractivity contribution is 5.92. The van der Waals surface area contributed by atoms with E-state index in [2.05, 4.69) is 16.0 Å². The van der Waals surface area contributed by atoms with Gasteiger partial charge in [0, 0.05) is 25.7 Å².